The van der Waals surface area contributed by atoms with Gasteiger partial charge in [-0.15, -0.1) is 10.2 Å². The van der Waals surface area contributed by atoms with Crippen LogP contribution in [0.25, 0.3) is 5.69 Å². The molecule has 1 amide bonds. The highest BCUT2D eigenvalue weighted by molar-refractivity contribution is 5.77. The average Bonchev–Trinajstić information content (AvgIpc) is 3.36. The molecule has 1 saturated heterocycles. The van der Waals surface area contributed by atoms with Gasteiger partial charge in [-0.1, -0.05) is 12.1 Å². The summed E-state index contributed by atoms with van der Waals surface area (Å²) in [7, 11) is 1.44. The van der Waals surface area contributed by atoms with Gasteiger partial charge in [0.05, 0.1) is 24.8 Å². The molecule has 2 aromatic carbocycles. The van der Waals surface area contributed by atoms with E-state index in [0.717, 1.165) is 22.8 Å². The van der Waals surface area contributed by atoms with Gasteiger partial charge in [-0.3, -0.25) is 14.2 Å². The van der Waals surface area contributed by atoms with Gasteiger partial charge < -0.3 is 19.5 Å². The monoisotopic (exact) mass is 622 g/mol. The number of carbonyl (C=O) groups is 2. The van der Waals surface area contributed by atoms with Crippen LogP contribution in [0.4, 0.5) is 22.0 Å². The van der Waals surface area contributed by atoms with Crippen molar-refractivity contribution < 1.29 is 46.1 Å². The van der Waals surface area contributed by atoms with E-state index in [1.165, 1.54) is 7.11 Å². The van der Waals surface area contributed by atoms with E-state index in [9.17, 15) is 31.5 Å². The zero-order valence-corrected chi connectivity index (χ0v) is 24.2. The first kappa shape index (κ1) is 31.4. The maximum absolute atomic E-state index is 14.9. The molecule has 1 N–H and O–H groups in total. The van der Waals surface area contributed by atoms with Gasteiger partial charge in [-0.05, 0) is 61.1 Å². The number of methoxy groups -OCH3 is 1. The van der Waals surface area contributed by atoms with Crippen LogP contribution in [0.5, 0.6) is 5.75 Å². The van der Waals surface area contributed by atoms with Crippen LogP contribution in [-0.4, -0.2) is 56.8 Å². The van der Waals surface area contributed by atoms with Gasteiger partial charge in [0, 0.05) is 32.0 Å². The Morgan fingerprint density at radius 2 is 1.75 bits per heavy atom. The quantitative estimate of drug-likeness (QED) is 0.323. The number of ether oxygens (including phenoxy) is 2. The Balaban J connectivity index is 1.62. The number of nitrogens with zero attached hydrogens (tertiary/aromatic N) is 4. The summed E-state index contributed by atoms with van der Waals surface area (Å²) in [4.78, 5) is 26.2. The normalized spacial score (nSPS) is 19.2. The summed E-state index contributed by atoms with van der Waals surface area (Å²) >= 11 is 0. The number of hydrogen-bond donors (Lipinski definition) is 1. The van der Waals surface area contributed by atoms with E-state index < -0.39 is 47.6 Å². The molecule has 1 aromatic heterocycles. The first-order valence-electron chi connectivity index (χ1n) is 14.0. The number of aromatic nitrogens is 3. The first-order valence-corrected chi connectivity index (χ1v) is 14.0. The number of piperidine rings is 1. The summed E-state index contributed by atoms with van der Waals surface area (Å²) in [6.45, 7) is 2.89. The molecule has 3 aromatic rings. The molecule has 9 nitrogen and oxygen atoms in total. The minimum Gasteiger partial charge on any atom is -0.496 e. The van der Waals surface area contributed by atoms with Gasteiger partial charge in [0.1, 0.15) is 18.0 Å². The highest BCUT2D eigenvalue weighted by atomic mass is 19.4. The third-order valence-corrected chi connectivity index (χ3v) is 8.17. The molecule has 0 bridgehead atoms. The zero-order chi connectivity index (χ0) is 32.0. The second kappa shape index (κ2) is 11.8. The highest BCUT2D eigenvalue weighted by Crippen LogP contribution is 2.46. The Hall–Kier alpha value is -4.07. The molecule has 0 aliphatic carbocycles. The molecule has 0 spiro atoms. The molecule has 2 aliphatic heterocycles. The van der Waals surface area contributed by atoms with E-state index in [1.54, 1.807) is 30.0 Å². The van der Waals surface area contributed by atoms with Crippen LogP contribution in [0.15, 0.2) is 36.4 Å². The van der Waals surface area contributed by atoms with E-state index in [1.807, 2.05) is 0 Å². The summed E-state index contributed by atoms with van der Waals surface area (Å²) in [6.07, 6.45) is -6.68. The molecule has 236 valence electrons. The SMILES string of the molecule is COc1cccc([C@H]2O[C@H](CC(=O)N3CCC(CC(=O)O)CC3)c3nnc(C(C)(F)F)n3-c3ccc(C(F)(F)F)cc32)c1C. The Bertz CT molecular complexity index is 1560. The number of alkyl halides is 5. The van der Waals surface area contributed by atoms with Crippen molar-refractivity contribution in [3.8, 4) is 11.4 Å². The Morgan fingerprint density at radius 3 is 2.36 bits per heavy atom. The van der Waals surface area contributed by atoms with Gasteiger partial charge in [0.2, 0.25) is 11.7 Å². The van der Waals surface area contributed by atoms with Crippen molar-refractivity contribution in [3.05, 3.63) is 70.3 Å². The Morgan fingerprint density at radius 1 is 1.05 bits per heavy atom. The fraction of sp³-hybridized carbons (Fsp3) is 0.467. The summed E-state index contributed by atoms with van der Waals surface area (Å²) in [5, 5.41) is 16.8. The lowest BCUT2D eigenvalue weighted by Crippen LogP contribution is -2.39. The number of likely N-dealkylation sites (tertiary alicyclic amines) is 1. The first-order chi connectivity index (χ1) is 20.7. The zero-order valence-electron chi connectivity index (χ0n) is 24.2. The molecule has 2 aliphatic rings. The van der Waals surface area contributed by atoms with E-state index in [4.69, 9.17) is 14.6 Å². The fourth-order valence-corrected chi connectivity index (χ4v) is 5.91. The van der Waals surface area contributed by atoms with E-state index in [0.29, 0.717) is 49.7 Å². The van der Waals surface area contributed by atoms with Crippen molar-refractivity contribution in [2.24, 2.45) is 5.92 Å². The van der Waals surface area contributed by atoms with Crippen molar-refractivity contribution >= 4 is 11.9 Å². The molecule has 44 heavy (non-hydrogen) atoms. The van der Waals surface area contributed by atoms with Gasteiger partial charge in [-0.2, -0.15) is 22.0 Å². The number of benzene rings is 2. The van der Waals surface area contributed by atoms with E-state index in [-0.39, 0.29) is 35.8 Å². The molecule has 2 atom stereocenters. The van der Waals surface area contributed by atoms with E-state index >= 15 is 0 Å². The topological polar surface area (TPSA) is 107 Å². The van der Waals surface area contributed by atoms with E-state index in [2.05, 4.69) is 10.2 Å². The minimum atomic E-state index is -4.75. The Kier molecular flexibility index (Phi) is 8.40. The predicted octanol–water partition coefficient (Wildman–Crippen LogP) is 5.98. The molecular formula is C30H31F5N4O5. The lowest BCUT2D eigenvalue weighted by atomic mass is 9.93. The van der Waals surface area contributed by atoms with Crippen LogP contribution in [-0.2, 0) is 26.4 Å². The van der Waals surface area contributed by atoms with Crippen molar-refractivity contribution in [2.45, 2.75) is 63.8 Å². The van der Waals surface area contributed by atoms with Crippen LogP contribution < -0.4 is 4.74 Å². The number of amides is 1. The molecule has 14 heteroatoms. The standard InChI is InChI=1S/C30H31F5N4O5/c1-16-19(5-4-6-22(16)43-3)26-20-14-18(30(33,34)35)7-8-21(20)39-27(36-37-28(39)29(2,31)32)23(44-26)15-24(40)38-11-9-17(10-12-38)13-25(41)42/h4-8,14,17,23,26H,9-13,15H2,1-3H3,(H,41,42)/t23-,26-/m1/s1. The predicted molar refractivity (Wildman–Crippen MR) is 146 cm³/mol. The van der Waals surface area contributed by atoms with Crippen molar-refractivity contribution in [1.29, 1.82) is 0 Å². The maximum atomic E-state index is 14.9. The van der Waals surface area contributed by atoms with Crippen molar-refractivity contribution in [1.82, 2.24) is 19.7 Å². The van der Waals surface area contributed by atoms with Crippen molar-refractivity contribution in [3.63, 3.8) is 0 Å². The number of fused-ring (bicyclic) bond motifs is 3. The number of carboxylic acid groups (broad SMARTS) is 1. The number of carbonyl (C=O) groups excluding carboxylic acids is 1. The molecular weight excluding hydrogens is 591 g/mol. The summed E-state index contributed by atoms with van der Waals surface area (Å²) in [5.41, 5.74) is -0.144. The second-order valence-corrected chi connectivity index (χ2v) is 11.2. The number of halogens is 5. The van der Waals surface area contributed by atoms with Crippen LogP contribution in [0.1, 0.15) is 78.7 Å². The van der Waals surface area contributed by atoms with Crippen LogP contribution in [0, 0.1) is 12.8 Å². The highest BCUT2D eigenvalue weighted by Gasteiger charge is 2.42. The van der Waals surface area contributed by atoms with Crippen molar-refractivity contribution in [2.75, 3.05) is 20.2 Å². The minimum absolute atomic E-state index is 0.00931. The molecule has 3 heterocycles. The molecule has 5 rings (SSSR count). The number of rotatable bonds is 7. The Labute approximate surface area is 249 Å². The fourth-order valence-electron chi connectivity index (χ4n) is 5.91. The van der Waals surface area contributed by atoms with Crippen LogP contribution >= 0.6 is 0 Å². The van der Waals surface area contributed by atoms with Gasteiger partial charge in [0.25, 0.3) is 0 Å². The smallest absolute Gasteiger partial charge is 0.416 e. The second-order valence-electron chi connectivity index (χ2n) is 11.2. The number of hydrogen-bond acceptors (Lipinski definition) is 6. The molecule has 0 saturated carbocycles. The van der Waals surface area contributed by atoms with Gasteiger partial charge in [-0.25, -0.2) is 0 Å². The van der Waals surface area contributed by atoms with Crippen LogP contribution in [0.3, 0.4) is 0 Å². The summed E-state index contributed by atoms with van der Waals surface area (Å²) < 4.78 is 84.5. The molecule has 0 radical (unpaired) electrons. The largest absolute Gasteiger partial charge is 0.496 e. The van der Waals surface area contributed by atoms with Gasteiger partial charge >= 0.3 is 18.1 Å². The summed E-state index contributed by atoms with van der Waals surface area (Å²) in [5.74, 6) is -5.48. The van der Waals surface area contributed by atoms with Crippen LogP contribution in [0.2, 0.25) is 0 Å². The third kappa shape index (κ3) is 6.12. The third-order valence-electron chi connectivity index (χ3n) is 8.17. The van der Waals surface area contributed by atoms with Gasteiger partial charge in [0.15, 0.2) is 5.82 Å². The number of carboxylic acids is 1. The average molecular weight is 623 g/mol. The lowest BCUT2D eigenvalue weighted by molar-refractivity contribution is -0.139. The maximum Gasteiger partial charge on any atom is 0.416 e. The molecule has 1 fully saturated rings. The number of aliphatic carboxylic acids is 1. The summed E-state index contributed by atoms with van der Waals surface area (Å²) in [6, 6.07) is 7.68. The lowest BCUT2D eigenvalue weighted by Gasteiger charge is -2.32. The molecule has 0 unspecified atom stereocenters.